The van der Waals surface area contributed by atoms with E-state index in [9.17, 15) is 4.79 Å². The Morgan fingerprint density at radius 2 is 1.56 bits per heavy atom. The van der Waals surface area contributed by atoms with Crippen LogP contribution in [0.2, 0.25) is 0 Å². The highest BCUT2D eigenvalue weighted by atomic mass is 79.9. The number of hydrogen-bond acceptors (Lipinski definition) is 5. The molecule has 0 radical (unpaired) electrons. The topological polar surface area (TPSA) is 78.3 Å². The van der Waals surface area contributed by atoms with Gasteiger partial charge in [-0.15, -0.1) is 5.10 Å². The van der Waals surface area contributed by atoms with Crippen molar-refractivity contribution in [3.8, 4) is 28.6 Å². The molecule has 0 unspecified atom stereocenters. The summed E-state index contributed by atoms with van der Waals surface area (Å²) in [7, 11) is 3.09. The van der Waals surface area contributed by atoms with Crippen molar-refractivity contribution in [1.82, 2.24) is 14.8 Å². The predicted octanol–water partition coefficient (Wildman–Crippen LogP) is 5.73. The SMILES string of the molecule is COc1ccc(OC)c(NC(=O)c2nc(-c3ccc(Br)cc3)n(-c3ccc(Br)cc3)n2)c1. The summed E-state index contributed by atoms with van der Waals surface area (Å²) in [6.45, 7) is 0. The molecule has 0 saturated carbocycles. The normalized spacial score (nSPS) is 10.6. The molecule has 0 bridgehead atoms. The molecule has 0 spiro atoms. The van der Waals surface area contributed by atoms with Gasteiger partial charge in [-0.3, -0.25) is 4.79 Å². The number of amides is 1. The van der Waals surface area contributed by atoms with Crippen LogP contribution < -0.4 is 14.8 Å². The van der Waals surface area contributed by atoms with Crippen LogP contribution in [-0.4, -0.2) is 34.9 Å². The molecule has 0 aliphatic carbocycles. The van der Waals surface area contributed by atoms with Gasteiger partial charge in [0.1, 0.15) is 11.5 Å². The molecule has 9 heteroatoms. The van der Waals surface area contributed by atoms with Crippen molar-refractivity contribution in [1.29, 1.82) is 0 Å². The third-order valence-corrected chi connectivity index (χ3v) is 5.70. The average molecular weight is 558 g/mol. The van der Waals surface area contributed by atoms with Crippen molar-refractivity contribution < 1.29 is 14.3 Å². The van der Waals surface area contributed by atoms with E-state index in [0.29, 0.717) is 23.0 Å². The molecule has 0 fully saturated rings. The molecular weight excluding hydrogens is 540 g/mol. The average Bonchev–Trinajstić information content (AvgIpc) is 3.25. The first kappa shape index (κ1) is 22.0. The number of methoxy groups -OCH3 is 2. The molecule has 3 aromatic carbocycles. The Bertz CT molecular complexity index is 1190. The van der Waals surface area contributed by atoms with Crippen molar-refractivity contribution in [2.45, 2.75) is 0 Å². The highest BCUT2D eigenvalue weighted by molar-refractivity contribution is 9.10. The van der Waals surface area contributed by atoms with Gasteiger partial charge in [-0.2, -0.15) is 0 Å². The Morgan fingerprint density at radius 1 is 0.906 bits per heavy atom. The maximum Gasteiger partial charge on any atom is 0.295 e. The van der Waals surface area contributed by atoms with E-state index in [0.717, 1.165) is 20.2 Å². The third kappa shape index (κ3) is 4.68. The number of nitrogens with one attached hydrogen (secondary N) is 1. The standard InChI is InChI=1S/C23H18Br2N4O3/c1-31-18-11-12-20(32-2)19(13-18)26-23(30)21-27-22(14-3-5-15(24)6-4-14)29(28-21)17-9-7-16(25)8-10-17/h3-13H,1-2H3,(H,26,30). The van der Waals surface area contributed by atoms with E-state index < -0.39 is 5.91 Å². The molecule has 4 aromatic rings. The monoisotopic (exact) mass is 556 g/mol. The molecule has 1 amide bonds. The number of aromatic nitrogens is 3. The summed E-state index contributed by atoms with van der Waals surface area (Å²) < 4.78 is 14.1. The van der Waals surface area contributed by atoms with Gasteiger partial charge < -0.3 is 14.8 Å². The molecule has 0 atom stereocenters. The number of anilines is 1. The van der Waals surface area contributed by atoms with Gasteiger partial charge in [0.15, 0.2) is 5.82 Å². The number of nitrogens with zero attached hydrogens (tertiary/aromatic N) is 3. The van der Waals surface area contributed by atoms with E-state index in [-0.39, 0.29) is 5.82 Å². The van der Waals surface area contributed by atoms with Gasteiger partial charge in [0.25, 0.3) is 5.91 Å². The van der Waals surface area contributed by atoms with Crippen molar-refractivity contribution in [3.05, 3.63) is 81.5 Å². The Balaban J connectivity index is 1.75. The first-order chi connectivity index (χ1) is 15.5. The Morgan fingerprint density at radius 3 is 2.19 bits per heavy atom. The van der Waals surface area contributed by atoms with Gasteiger partial charge in [-0.25, -0.2) is 9.67 Å². The fourth-order valence-corrected chi connectivity index (χ4v) is 3.58. The molecule has 4 rings (SSSR count). The molecule has 32 heavy (non-hydrogen) atoms. The Kier molecular flexibility index (Phi) is 6.57. The van der Waals surface area contributed by atoms with Crippen molar-refractivity contribution in [2.75, 3.05) is 19.5 Å². The van der Waals surface area contributed by atoms with Crippen LogP contribution in [-0.2, 0) is 0 Å². The summed E-state index contributed by atoms with van der Waals surface area (Å²) in [6, 6.07) is 20.4. The van der Waals surface area contributed by atoms with Crippen molar-refractivity contribution in [3.63, 3.8) is 0 Å². The molecular formula is C23H18Br2N4O3. The zero-order chi connectivity index (χ0) is 22.7. The molecule has 1 aromatic heterocycles. The number of halogens is 2. The molecule has 1 N–H and O–H groups in total. The Hall–Kier alpha value is -3.17. The van der Waals surface area contributed by atoms with E-state index >= 15 is 0 Å². The lowest BCUT2D eigenvalue weighted by atomic mass is 10.2. The van der Waals surface area contributed by atoms with E-state index in [4.69, 9.17) is 9.47 Å². The molecule has 7 nitrogen and oxygen atoms in total. The predicted molar refractivity (Wildman–Crippen MR) is 130 cm³/mol. The second kappa shape index (κ2) is 9.54. The third-order valence-electron chi connectivity index (χ3n) is 4.64. The second-order valence-corrected chi connectivity index (χ2v) is 8.51. The van der Waals surface area contributed by atoms with Gasteiger partial charge in [0, 0.05) is 20.6 Å². The van der Waals surface area contributed by atoms with Crippen LogP contribution in [0.15, 0.2) is 75.7 Å². The first-order valence-electron chi connectivity index (χ1n) is 9.51. The van der Waals surface area contributed by atoms with Crippen LogP contribution in [0.5, 0.6) is 11.5 Å². The highest BCUT2D eigenvalue weighted by Gasteiger charge is 2.20. The zero-order valence-electron chi connectivity index (χ0n) is 17.2. The maximum atomic E-state index is 13.1. The first-order valence-corrected chi connectivity index (χ1v) is 11.1. The summed E-state index contributed by atoms with van der Waals surface area (Å²) in [5, 5.41) is 7.31. The van der Waals surface area contributed by atoms with E-state index in [2.05, 4.69) is 47.3 Å². The lowest BCUT2D eigenvalue weighted by Crippen LogP contribution is -2.15. The van der Waals surface area contributed by atoms with Crippen LogP contribution >= 0.6 is 31.9 Å². The minimum Gasteiger partial charge on any atom is -0.497 e. The maximum absolute atomic E-state index is 13.1. The van der Waals surface area contributed by atoms with E-state index in [1.54, 1.807) is 30.0 Å². The fourth-order valence-electron chi connectivity index (χ4n) is 3.05. The lowest BCUT2D eigenvalue weighted by molar-refractivity contribution is 0.101. The Labute approximate surface area is 201 Å². The summed E-state index contributed by atoms with van der Waals surface area (Å²) in [4.78, 5) is 17.6. The summed E-state index contributed by atoms with van der Waals surface area (Å²) in [5.74, 6) is 1.19. The van der Waals surface area contributed by atoms with Crippen LogP contribution in [0.3, 0.4) is 0 Å². The smallest absolute Gasteiger partial charge is 0.295 e. The highest BCUT2D eigenvalue weighted by Crippen LogP contribution is 2.30. The van der Waals surface area contributed by atoms with Gasteiger partial charge >= 0.3 is 0 Å². The van der Waals surface area contributed by atoms with Crippen LogP contribution in [0.1, 0.15) is 10.6 Å². The number of carbonyl (C=O) groups excluding carboxylic acids is 1. The van der Waals surface area contributed by atoms with E-state index in [1.807, 2.05) is 48.5 Å². The number of carbonyl (C=O) groups is 1. The number of hydrogen-bond donors (Lipinski definition) is 1. The van der Waals surface area contributed by atoms with Gasteiger partial charge in [0.05, 0.1) is 25.6 Å². The minimum atomic E-state index is -0.467. The molecule has 1 heterocycles. The zero-order valence-corrected chi connectivity index (χ0v) is 20.3. The minimum absolute atomic E-state index is 0.0238. The largest absolute Gasteiger partial charge is 0.497 e. The van der Waals surface area contributed by atoms with E-state index in [1.165, 1.54) is 7.11 Å². The van der Waals surface area contributed by atoms with Crippen LogP contribution in [0, 0.1) is 0 Å². The summed E-state index contributed by atoms with van der Waals surface area (Å²) >= 11 is 6.89. The molecule has 162 valence electrons. The summed E-state index contributed by atoms with van der Waals surface area (Å²) in [6.07, 6.45) is 0. The second-order valence-electron chi connectivity index (χ2n) is 6.67. The van der Waals surface area contributed by atoms with Crippen molar-refractivity contribution in [2.24, 2.45) is 0 Å². The van der Waals surface area contributed by atoms with Crippen molar-refractivity contribution >= 4 is 43.5 Å². The van der Waals surface area contributed by atoms with Gasteiger partial charge in [-0.05, 0) is 48.5 Å². The number of benzene rings is 3. The molecule has 0 saturated heterocycles. The van der Waals surface area contributed by atoms with Crippen LogP contribution in [0.25, 0.3) is 17.1 Å². The molecule has 0 aliphatic rings. The molecule has 0 aliphatic heterocycles. The van der Waals surface area contributed by atoms with Crippen LogP contribution in [0.4, 0.5) is 5.69 Å². The summed E-state index contributed by atoms with van der Waals surface area (Å²) in [5.41, 5.74) is 2.06. The van der Waals surface area contributed by atoms with Gasteiger partial charge in [-0.1, -0.05) is 44.0 Å². The lowest BCUT2D eigenvalue weighted by Gasteiger charge is -2.10. The quantitative estimate of drug-likeness (QED) is 0.327. The number of ether oxygens (including phenoxy) is 2. The van der Waals surface area contributed by atoms with Gasteiger partial charge in [0.2, 0.25) is 5.82 Å². The number of rotatable bonds is 6. The fraction of sp³-hybridized carbons (Fsp3) is 0.0870.